The fourth-order valence-corrected chi connectivity index (χ4v) is 2.35. The molecule has 3 unspecified atom stereocenters. The minimum Gasteiger partial charge on any atom is -0.393 e. The van der Waals surface area contributed by atoms with Crippen LogP contribution in [0.15, 0.2) is 39.7 Å². The summed E-state index contributed by atoms with van der Waals surface area (Å²) in [4.78, 5) is 7.12. The van der Waals surface area contributed by atoms with Gasteiger partial charge in [-0.3, -0.25) is 0 Å². The zero-order valence-corrected chi connectivity index (χ0v) is 12.0. The van der Waals surface area contributed by atoms with Crippen molar-refractivity contribution in [3.05, 3.63) is 34.7 Å². The summed E-state index contributed by atoms with van der Waals surface area (Å²) in [6.45, 7) is -0.377. The van der Waals surface area contributed by atoms with E-state index in [-0.39, 0.29) is 18.6 Å². The number of aliphatic hydroxyl groups excluding tert-OH is 1. The maximum atomic E-state index is 14.2. The summed E-state index contributed by atoms with van der Waals surface area (Å²) in [6, 6.07) is 0. The number of aliphatic imine (C=N–C) groups is 1. The Morgan fingerprint density at radius 2 is 2.40 bits per heavy atom. The van der Waals surface area contributed by atoms with Crippen molar-refractivity contribution < 1.29 is 18.6 Å². The number of nitrogens with zero attached hydrogens (tertiary/aromatic N) is 2. The fourth-order valence-electron chi connectivity index (χ4n) is 2.07. The van der Waals surface area contributed by atoms with Gasteiger partial charge in [0.05, 0.1) is 12.9 Å². The van der Waals surface area contributed by atoms with Crippen molar-refractivity contribution in [1.82, 2.24) is 4.90 Å². The quantitative estimate of drug-likeness (QED) is 0.806. The topological polar surface area (TPSA) is 71.1 Å². The maximum absolute atomic E-state index is 14.2. The molecule has 3 N–H and O–H groups in total. The minimum absolute atomic E-state index is 0.105. The van der Waals surface area contributed by atoms with Gasteiger partial charge in [-0.25, -0.2) is 13.8 Å². The molecule has 0 spiro atoms. The van der Waals surface area contributed by atoms with E-state index in [0.717, 1.165) is 0 Å². The molecule has 110 valence electrons. The van der Waals surface area contributed by atoms with Crippen LogP contribution in [0.25, 0.3) is 0 Å². The average Bonchev–Trinajstić information content (AvgIpc) is 2.77. The highest BCUT2D eigenvalue weighted by molar-refractivity contribution is 9.11. The lowest BCUT2D eigenvalue weighted by atomic mass is 10.1. The predicted octanol–water partition coefficient (Wildman–Crippen LogP) is 1.32. The molecule has 3 atom stereocenters. The van der Waals surface area contributed by atoms with Gasteiger partial charge >= 0.3 is 0 Å². The molecule has 1 saturated heterocycles. The normalized spacial score (nSPS) is 32.9. The fraction of sp³-hybridized carbons (Fsp3) is 0.417. The number of nitrogens with two attached hydrogens (primary N) is 1. The van der Waals surface area contributed by atoms with E-state index in [4.69, 9.17) is 15.6 Å². The van der Waals surface area contributed by atoms with E-state index < -0.39 is 25.1 Å². The van der Waals surface area contributed by atoms with E-state index in [1.54, 1.807) is 17.3 Å². The Morgan fingerprint density at radius 1 is 1.65 bits per heavy atom. The Bertz CT molecular complexity index is 493. The number of aliphatic hydroxyl groups is 1. The van der Waals surface area contributed by atoms with Gasteiger partial charge in [0.1, 0.15) is 18.6 Å². The molecule has 2 aliphatic rings. The number of alkyl halides is 1. The lowest BCUT2D eigenvalue weighted by molar-refractivity contribution is -0.0646. The molecule has 20 heavy (non-hydrogen) atoms. The van der Waals surface area contributed by atoms with Gasteiger partial charge in [-0.05, 0) is 11.1 Å². The van der Waals surface area contributed by atoms with Crippen molar-refractivity contribution in [2.45, 2.75) is 18.5 Å². The van der Waals surface area contributed by atoms with Crippen molar-refractivity contribution in [1.29, 1.82) is 0 Å². The van der Waals surface area contributed by atoms with Crippen molar-refractivity contribution in [2.75, 3.05) is 13.3 Å². The molecule has 0 aromatic rings. The molecule has 0 bridgehead atoms. The lowest BCUT2D eigenvalue weighted by Gasteiger charge is -2.29. The number of hydrogen-bond acceptors (Lipinski definition) is 5. The molecule has 2 aliphatic heterocycles. The highest BCUT2D eigenvalue weighted by atomic mass is 79.9. The molecule has 8 heteroatoms. The van der Waals surface area contributed by atoms with E-state index in [0.29, 0.717) is 11.4 Å². The van der Waals surface area contributed by atoms with Gasteiger partial charge in [0.15, 0.2) is 12.4 Å². The van der Waals surface area contributed by atoms with Crippen molar-refractivity contribution >= 4 is 21.8 Å². The first-order chi connectivity index (χ1) is 9.62. The smallest absolute Gasteiger partial charge is 0.171 e. The summed E-state index contributed by atoms with van der Waals surface area (Å²) < 4.78 is 32.2. The molecule has 0 aliphatic carbocycles. The monoisotopic (exact) mass is 349 g/mol. The highest BCUT2D eigenvalue weighted by Gasteiger charge is 2.43. The largest absolute Gasteiger partial charge is 0.393 e. The molecule has 0 radical (unpaired) electrons. The Morgan fingerprint density at radius 3 is 2.95 bits per heavy atom. The number of rotatable bonds is 3. The third kappa shape index (κ3) is 2.77. The molecular formula is C12H14BrF2N3O2. The van der Waals surface area contributed by atoms with Crippen LogP contribution in [0.5, 0.6) is 0 Å². The molecule has 2 heterocycles. The zero-order valence-electron chi connectivity index (χ0n) is 10.4. The lowest BCUT2D eigenvalue weighted by Crippen LogP contribution is -2.40. The third-order valence-electron chi connectivity index (χ3n) is 3.11. The molecule has 0 amide bonds. The Kier molecular flexibility index (Phi) is 4.90. The standard InChI is InChI=1S/C12H14BrF2N3O2/c13-2-1-7-4-18(6-17-11(7)16)12-10(15)8(3-14)9(5-19)20-12/h1-4,9-10,12,19H,5-6H2,(H2,16,17)/b2-1+,8-3-. The van der Waals surface area contributed by atoms with E-state index >= 15 is 0 Å². The van der Waals surface area contributed by atoms with Crippen LogP contribution in [0.1, 0.15) is 0 Å². The molecule has 5 nitrogen and oxygen atoms in total. The van der Waals surface area contributed by atoms with Gasteiger partial charge in [-0.15, -0.1) is 0 Å². The van der Waals surface area contributed by atoms with Crippen LogP contribution in [0.4, 0.5) is 8.78 Å². The molecule has 0 aromatic carbocycles. The minimum atomic E-state index is -1.67. The first kappa shape index (κ1) is 15.1. The summed E-state index contributed by atoms with van der Waals surface area (Å²) >= 11 is 3.12. The van der Waals surface area contributed by atoms with Crippen LogP contribution in [0.3, 0.4) is 0 Å². The van der Waals surface area contributed by atoms with Crippen LogP contribution in [-0.2, 0) is 4.74 Å². The maximum Gasteiger partial charge on any atom is 0.171 e. The Balaban J connectivity index is 2.21. The van der Waals surface area contributed by atoms with Crippen LogP contribution in [0, 0.1) is 0 Å². The average molecular weight is 350 g/mol. The van der Waals surface area contributed by atoms with Crippen molar-refractivity contribution in [2.24, 2.45) is 10.7 Å². The van der Waals surface area contributed by atoms with E-state index in [2.05, 4.69) is 20.9 Å². The third-order valence-corrected chi connectivity index (χ3v) is 3.37. The second-order valence-corrected chi connectivity index (χ2v) is 4.81. The van der Waals surface area contributed by atoms with Crippen molar-refractivity contribution in [3.8, 4) is 0 Å². The number of ether oxygens (including phenoxy) is 1. The molecule has 1 fully saturated rings. The molecular weight excluding hydrogens is 336 g/mol. The molecule has 0 saturated carbocycles. The first-order valence-electron chi connectivity index (χ1n) is 5.87. The van der Waals surface area contributed by atoms with E-state index in [1.165, 1.54) is 4.90 Å². The number of hydrogen-bond donors (Lipinski definition) is 2. The van der Waals surface area contributed by atoms with Gasteiger partial charge in [0.2, 0.25) is 0 Å². The molecule has 2 rings (SSSR count). The summed E-state index contributed by atoms with van der Waals surface area (Å²) in [5, 5.41) is 9.08. The Labute approximate surface area is 123 Å². The highest BCUT2D eigenvalue weighted by Crippen LogP contribution is 2.32. The second-order valence-electron chi connectivity index (χ2n) is 4.28. The van der Waals surface area contributed by atoms with Crippen molar-refractivity contribution in [3.63, 3.8) is 0 Å². The summed E-state index contributed by atoms with van der Waals surface area (Å²) in [5.41, 5.74) is 6.09. The SMILES string of the molecule is NC1=NCN(C2OC(CO)/C(=C/F)C2F)C=C1/C=C/Br. The predicted molar refractivity (Wildman–Crippen MR) is 74.3 cm³/mol. The van der Waals surface area contributed by atoms with Gasteiger partial charge in [-0.2, -0.15) is 0 Å². The van der Waals surface area contributed by atoms with Gasteiger partial charge < -0.3 is 20.5 Å². The van der Waals surface area contributed by atoms with Crippen LogP contribution in [0.2, 0.25) is 0 Å². The van der Waals surface area contributed by atoms with E-state index in [9.17, 15) is 8.78 Å². The summed E-state index contributed by atoms with van der Waals surface area (Å²) in [5.74, 6) is 0.324. The van der Waals surface area contributed by atoms with Crippen LogP contribution in [-0.4, -0.2) is 47.6 Å². The second kappa shape index (κ2) is 6.47. The number of halogens is 3. The molecule has 0 aromatic heterocycles. The van der Waals surface area contributed by atoms with Gasteiger partial charge in [-0.1, -0.05) is 15.9 Å². The van der Waals surface area contributed by atoms with Gasteiger partial charge in [0, 0.05) is 17.3 Å². The number of amidine groups is 1. The van der Waals surface area contributed by atoms with Crippen LogP contribution >= 0.6 is 15.9 Å². The van der Waals surface area contributed by atoms with E-state index in [1.807, 2.05) is 0 Å². The van der Waals surface area contributed by atoms with Gasteiger partial charge in [0.25, 0.3) is 0 Å². The first-order valence-corrected chi connectivity index (χ1v) is 6.79. The zero-order chi connectivity index (χ0) is 14.7. The van der Waals surface area contributed by atoms with Crippen LogP contribution < -0.4 is 5.73 Å². The summed E-state index contributed by atoms with van der Waals surface area (Å²) in [7, 11) is 0. The summed E-state index contributed by atoms with van der Waals surface area (Å²) in [6.07, 6.45) is -0.292. The Hall–Kier alpha value is -1.25.